The van der Waals surface area contributed by atoms with E-state index in [1.807, 2.05) is 13.0 Å². The molecule has 1 nitrogen and oxygen atoms in total. The molecule has 16 heavy (non-hydrogen) atoms. The normalized spacial score (nSPS) is 14.4. The molecule has 0 bridgehead atoms. The molecular weight excluding hydrogens is 194 g/mol. The average Bonchev–Trinajstić information content (AvgIpc) is 2.28. The zero-order chi connectivity index (χ0) is 12.0. The van der Waals surface area contributed by atoms with Crippen LogP contribution in [0.25, 0.3) is 0 Å². The lowest BCUT2D eigenvalue weighted by Gasteiger charge is -2.23. The maximum Gasteiger partial charge on any atom is 0.0663 e. The van der Waals surface area contributed by atoms with Gasteiger partial charge in [0.25, 0.3) is 0 Å². The number of terminal acetylenes is 1. The Hall–Kier alpha value is -1.26. The highest BCUT2D eigenvalue weighted by atomic mass is 14.9. The lowest BCUT2D eigenvalue weighted by atomic mass is 9.96. The van der Waals surface area contributed by atoms with Crippen molar-refractivity contribution in [1.82, 2.24) is 5.32 Å². The molecule has 1 rings (SSSR count). The Morgan fingerprint density at radius 1 is 1.19 bits per heavy atom. The van der Waals surface area contributed by atoms with Gasteiger partial charge in [0, 0.05) is 6.04 Å². The fourth-order valence-corrected chi connectivity index (χ4v) is 1.81. The van der Waals surface area contributed by atoms with Crippen molar-refractivity contribution >= 4 is 0 Å². The first-order valence-electron chi connectivity index (χ1n) is 5.90. The van der Waals surface area contributed by atoms with Crippen LogP contribution in [0.1, 0.15) is 38.8 Å². The Morgan fingerprint density at radius 2 is 1.81 bits per heavy atom. The number of nitrogens with one attached hydrogen (secondary N) is 1. The summed E-state index contributed by atoms with van der Waals surface area (Å²) in [6, 6.07) is 11.0. The van der Waals surface area contributed by atoms with Crippen LogP contribution in [0.3, 0.4) is 0 Å². The van der Waals surface area contributed by atoms with Gasteiger partial charge < -0.3 is 0 Å². The Morgan fingerprint density at radius 3 is 2.31 bits per heavy atom. The van der Waals surface area contributed by atoms with E-state index < -0.39 is 0 Å². The first-order valence-corrected chi connectivity index (χ1v) is 5.90. The molecule has 0 radical (unpaired) electrons. The van der Waals surface area contributed by atoms with E-state index in [-0.39, 0.29) is 6.04 Å². The second kappa shape index (κ2) is 6.35. The molecule has 0 aliphatic rings. The van der Waals surface area contributed by atoms with Gasteiger partial charge in [-0.25, -0.2) is 0 Å². The molecule has 1 aromatic carbocycles. The maximum atomic E-state index is 5.42. The van der Waals surface area contributed by atoms with Crippen molar-refractivity contribution in [3.63, 3.8) is 0 Å². The van der Waals surface area contributed by atoms with Crippen molar-refractivity contribution in [1.29, 1.82) is 0 Å². The molecule has 0 fully saturated rings. The fraction of sp³-hybridized carbons (Fsp3) is 0.467. The topological polar surface area (TPSA) is 12.0 Å². The second-order valence-corrected chi connectivity index (χ2v) is 4.65. The third kappa shape index (κ3) is 4.08. The SMILES string of the molecule is C#CC(C)NC(CC(C)C)c1ccccc1. The van der Waals surface area contributed by atoms with E-state index >= 15 is 0 Å². The molecule has 0 amide bonds. The van der Waals surface area contributed by atoms with E-state index in [1.54, 1.807) is 0 Å². The first-order chi connectivity index (χ1) is 7.63. The fourth-order valence-electron chi connectivity index (χ4n) is 1.81. The van der Waals surface area contributed by atoms with Crippen molar-refractivity contribution in [2.75, 3.05) is 0 Å². The predicted octanol–water partition coefficient (Wildman–Crippen LogP) is 3.39. The van der Waals surface area contributed by atoms with Crippen molar-refractivity contribution in [3.05, 3.63) is 35.9 Å². The first kappa shape index (κ1) is 12.8. The van der Waals surface area contributed by atoms with Gasteiger partial charge in [-0.2, -0.15) is 0 Å². The number of benzene rings is 1. The number of hydrogen-bond acceptors (Lipinski definition) is 1. The monoisotopic (exact) mass is 215 g/mol. The summed E-state index contributed by atoms with van der Waals surface area (Å²) in [6.45, 7) is 6.49. The van der Waals surface area contributed by atoms with Gasteiger partial charge in [-0.1, -0.05) is 50.1 Å². The van der Waals surface area contributed by atoms with Crippen LogP contribution in [-0.2, 0) is 0 Å². The maximum absolute atomic E-state index is 5.42. The molecule has 2 atom stereocenters. The standard InChI is InChI=1S/C15H21N/c1-5-13(4)16-15(11-12(2)3)14-9-7-6-8-10-14/h1,6-10,12-13,15-16H,11H2,2-4H3. The van der Waals surface area contributed by atoms with Crippen LogP contribution in [-0.4, -0.2) is 6.04 Å². The molecule has 0 aliphatic heterocycles. The summed E-state index contributed by atoms with van der Waals surface area (Å²) in [4.78, 5) is 0. The van der Waals surface area contributed by atoms with Crippen LogP contribution in [0.2, 0.25) is 0 Å². The van der Waals surface area contributed by atoms with Gasteiger partial charge in [0.1, 0.15) is 0 Å². The summed E-state index contributed by atoms with van der Waals surface area (Å²) in [7, 11) is 0. The van der Waals surface area contributed by atoms with Crippen molar-refractivity contribution < 1.29 is 0 Å². The minimum atomic E-state index is 0.115. The van der Waals surface area contributed by atoms with Gasteiger partial charge in [-0.05, 0) is 24.8 Å². The Balaban J connectivity index is 2.76. The lowest BCUT2D eigenvalue weighted by molar-refractivity contribution is 0.418. The molecule has 2 unspecified atom stereocenters. The highest BCUT2D eigenvalue weighted by Crippen LogP contribution is 2.21. The van der Waals surface area contributed by atoms with Crippen molar-refractivity contribution in [2.24, 2.45) is 5.92 Å². The highest BCUT2D eigenvalue weighted by molar-refractivity contribution is 5.19. The smallest absolute Gasteiger partial charge is 0.0663 e. The molecule has 0 saturated heterocycles. The van der Waals surface area contributed by atoms with E-state index in [9.17, 15) is 0 Å². The van der Waals surface area contributed by atoms with Gasteiger partial charge in [0.2, 0.25) is 0 Å². The average molecular weight is 215 g/mol. The molecule has 0 aromatic heterocycles. The summed E-state index contributed by atoms with van der Waals surface area (Å²) >= 11 is 0. The van der Waals surface area contributed by atoms with Crippen LogP contribution in [0.5, 0.6) is 0 Å². The lowest BCUT2D eigenvalue weighted by Crippen LogP contribution is -2.30. The van der Waals surface area contributed by atoms with Crippen LogP contribution < -0.4 is 5.32 Å². The molecule has 0 heterocycles. The molecule has 0 aliphatic carbocycles. The Bertz CT molecular complexity index is 334. The van der Waals surface area contributed by atoms with Gasteiger partial charge >= 0.3 is 0 Å². The zero-order valence-electron chi connectivity index (χ0n) is 10.4. The summed E-state index contributed by atoms with van der Waals surface area (Å²) in [5.41, 5.74) is 1.32. The minimum absolute atomic E-state index is 0.115. The van der Waals surface area contributed by atoms with Gasteiger partial charge in [-0.15, -0.1) is 6.42 Å². The van der Waals surface area contributed by atoms with Gasteiger partial charge in [-0.3, -0.25) is 5.32 Å². The van der Waals surface area contributed by atoms with Gasteiger partial charge in [0.05, 0.1) is 6.04 Å². The molecule has 1 heteroatoms. The third-order valence-corrected chi connectivity index (χ3v) is 2.61. The van der Waals surface area contributed by atoms with Crippen LogP contribution in [0, 0.1) is 18.3 Å². The largest absolute Gasteiger partial charge is 0.297 e. The molecule has 0 spiro atoms. The Kier molecular flexibility index (Phi) is 5.08. The molecular formula is C15H21N. The summed E-state index contributed by atoms with van der Waals surface area (Å²) in [5, 5.41) is 3.48. The van der Waals surface area contributed by atoms with E-state index in [0.29, 0.717) is 12.0 Å². The van der Waals surface area contributed by atoms with Gasteiger partial charge in [0.15, 0.2) is 0 Å². The van der Waals surface area contributed by atoms with Crippen LogP contribution >= 0.6 is 0 Å². The van der Waals surface area contributed by atoms with E-state index in [4.69, 9.17) is 6.42 Å². The van der Waals surface area contributed by atoms with E-state index in [0.717, 1.165) is 6.42 Å². The molecule has 1 aromatic rings. The zero-order valence-corrected chi connectivity index (χ0v) is 10.4. The minimum Gasteiger partial charge on any atom is -0.297 e. The van der Waals surface area contributed by atoms with Crippen molar-refractivity contribution in [2.45, 2.75) is 39.3 Å². The molecule has 0 saturated carbocycles. The van der Waals surface area contributed by atoms with E-state index in [2.05, 4.69) is 49.4 Å². The Labute approximate surface area is 99.3 Å². The number of rotatable bonds is 5. The van der Waals surface area contributed by atoms with Crippen LogP contribution in [0.4, 0.5) is 0 Å². The molecule has 1 N–H and O–H groups in total. The molecule has 86 valence electrons. The van der Waals surface area contributed by atoms with Crippen LogP contribution in [0.15, 0.2) is 30.3 Å². The number of hydrogen-bond donors (Lipinski definition) is 1. The third-order valence-electron chi connectivity index (χ3n) is 2.61. The van der Waals surface area contributed by atoms with Crippen molar-refractivity contribution in [3.8, 4) is 12.3 Å². The second-order valence-electron chi connectivity index (χ2n) is 4.65. The highest BCUT2D eigenvalue weighted by Gasteiger charge is 2.14. The summed E-state index contributed by atoms with van der Waals surface area (Å²) in [5.74, 6) is 3.38. The quantitative estimate of drug-likeness (QED) is 0.742. The summed E-state index contributed by atoms with van der Waals surface area (Å²) < 4.78 is 0. The van der Waals surface area contributed by atoms with E-state index in [1.165, 1.54) is 5.56 Å². The predicted molar refractivity (Wildman–Crippen MR) is 70.1 cm³/mol. The summed E-state index contributed by atoms with van der Waals surface area (Å²) in [6.07, 6.45) is 6.52.